The normalized spacial score (nSPS) is 13.0. The number of aromatic amines is 1. The summed E-state index contributed by atoms with van der Waals surface area (Å²) < 4.78 is 0.914. The standard InChI is InChI=1S/C8H8BrNO.2C2H6/c9-5-4-10-6-2-1-3-7(11)8(5)6;2*1-2/h4,10H,1-3H2;2*1-2H3. The van der Waals surface area contributed by atoms with Gasteiger partial charge in [-0.15, -0.1) is 0 Å². The van der Waals surface area contributed by atoms with Crippen molar-refractivity contribution in [3.05, 3.63) is 21.9 Å². The van der Waals surface area contributed by atoms with Gasteiger partial charge in [-0.2, -0.15) is 0 Å². The van der Waals surface area contributed by atoms with Gasteiger partial charge in [-0.3, -0.25) is 4.79 Å². The second-order valence-corrected chi connectivity index (χ2v) is 3.62. The summed E-state index contributed by atoms with van der Waals surface area (Å²) in [5.74, 6) is 0.263. The molecule has 0 aliphatic heterocycles. The number of Topliss-reactive ketones (excluding diaryl/α,β-unsaturated/α-hetero) is 1. The summed E-state index contributed by atoms with van der Waals surface area (Å²) in [4.78, 5) is 14.4. The smallest absolute Gasteiger partial charge is 0.165 e. The molecule has 1 aliphatic carbocycles. The minimum absolute atomic E-state index is 0.263. The van der Waals surface area contributed by atoms with Crippen molar-refractivity contribution in [3.63, 3.8) is 0 Å². The number of hydrogen-bond acceptors (Lipinski definition) is 1. The molecule has 1 heterocycles. The second-order valence-electron chi connectivity index (χ2n) is 2.77. The van der Waals surface area contributed by atoms with E-state index < -0.39 is 0 Å². The maximum atomic E-state index is 11.3. The fraction of sp³-hybridized carbons (Fsp3) is 0.583. The minimum atomic E-state index is 0.263. The maximum absolute atomic E-state index is 11.3. The molecule has 0 aromatic carbocycles. The van der Waals surface area contributed by atoms with Crippen molar-refractivity contribution in [2.75, 3.05) is 0 Å². The summed E-state index contributed by atoms with van der Waals surface area (Å²) in [6, 6.07) is 0. The molecule has 0 radical (unpaired) electrons. The average molecular weight is 274 g/mol. The van der Waals surface area contributed by atoms with Gasteiger partial charge in [0.15, 0.2) is 5.78 Å². The van der Waals surface area contributed by atoms with E-state index in [2.05, 4.69) is 20.9 Å². The van der Waals surface area contributed by atoms with E-state index in [0.29, 0.717) is 6.42 Å². The SMILES string of the molecule is CC.CC.O=C1CCCc2[nH]cc(Br)c21. The van der Waals surface area contributed by atoms with Crippen molar-refractivity contribution in [1.82, 2.24) is 4.98 Å². The monoisotopic (exact) mass is 273 g/mol. The third kappa shape index (κ3) is 3.49. The van der Waals surface area contributed by atoms with Crippen LogP contribution in [0.3, 0.4) is 0 Å². The van der Waals surface area contributed by atoms with Crippen LogP contribution in [-0.4, -0.2) is 10.8 Å². The molecule has 0 saturated carbocycles. The number of ketones is 1. The van der Waals surface area contributed by atoms with Gasteiger partial charge in [-0.1, -0.05) is 27.7 Å². The van der Waals surface area contributed by atoms with Crippen LogP contribution in [0, 0.1) is 0 Å². The van der Waals surface area contributed by atoms with Crippen LogP contribution in [0.1, 0.15) is 56.6 Å². The van der Waals surface area contributed by atoms with E-state index in [9.17, 15) is 4.79 Å². The Kier molecular flexibility index (Phi) is 7.39. The summed E-state index contributed by atoms with van der Waals surface area (Å²) in [6.07, 6.45) is 4.53. The lowest BCUT2D eigenvalue weighted by atomic mass is 9.97. The van der Waals surface area contributed by atoms with Gasteiger partial charge in [0.05, 0.1) is 5.56 Å². The summed E-state index contributed by atoms with van der Waals surface area (Å²) in [7, 11) is 0. The largest absolute Gasteiger partial charge is 0.363 e. The van der Waals surface area contributed by atoms with Crippen molar-refractivity contribution in [1.29, 1.82) is 0 Å². The van der Waals surface area contributed by atoms with E-state index in [1.54, 1.807) is 0 Å². The molecule has 1 N–H and O–H groups in total. The summed E-state index contributed by atoms with van der Waals surface area (Å²) in [5.41, 5.74) is 1.96. The second kappa shape index (κ2) is 7.69. The van der Waals surface area contributed by atoms with Crippen LogP contribution in [-0.2, 0) is 6.42 Å². The van der Waals surface area contributed by atoms with Gasteiger partial charge in [-0.25, -0.2) is 0 Å². The molecule has 86 valence electrons. The first-order chi connectivity index (χ1) is 7.29. The topological polar surface area (TPSA) is 32.9 Å². The Labute approximate surface area is 101 Å². The molecule has 2 rings (SSSR count). The van der Waals surface area contributed by atoms with E-state index >= 15 is 0 Å². The van der Waals surface area contributed by atoms with Gasteiger partial charge in [0.1, 0.15) is 0 Å². The number of fused-ring (bicyclic) bond motifs is 1. The molecule has 0 saturated heterocycles. The van der Waals surface area contributed by atoms with Crippen molar-refractivity contribution in [2.24, 2.45) is 0 Å². The van der Waals surface area contributed by atoms with Crippen LogP contribution in [0.25, 0.3) is 0 Å². The molecule has 1 aromatic rings. The summed E-state index contributed by atoms with van der Waals surface area (Å²) in [6.45, 7) is 8.00. The van der Waals surface area contributed by atoms with E-state index in [4.69, 9.17) is 0 Å². The Morgan fingerprint density at radius 2 is 1.80 bits per heavy atom. The molecule has 15 heavy (non-hydrogen) atoms. The zero-order valence-electron chi connectivity index (χ0n) is 9.98. The molecule has 0 amide bonds. The zero-order valence-corrected chi connectivity index (χ0v) is 11.6. The van der Waals surface area contributed by atoms with E-state index in [0.717, 1.165) is 28.6 Å². The van der Waals surface area contributed by atoms with Gasteiger partial charge in [0, 0.05) is 22.8 Å². The number of halogens is 1. The Hall–Kier alpha value is -0.570. The minimum Gasteiger partial charge on any atom is -0.363 e. The zero-order chi connectivity index (χ0) is 11.8. The highest BCUT2D eigenvalue weighted by Crippen LogP contribution is 2.27. The number of carbonyl (C=O) groups excluding carboxylic acids is 1. The Morgan fingerprint density at radius 3 is 2.33 bits per heavy atom. The molecule has 2 nitrogen and oxygen atoms in total. The van der Waals surface area contributed by atoms with E-state index in [1.165, 1.54) is 0 Å². The molecule has 1 aromatic heterocycles. The molecular weight excluding hydrogens is 254 g/mol. The van der Waals surface area contributed by atoms with Gasteiger partial charge in [0.2, 0.25) is 0 Å². The molecule has 0 spiro atoms. The number of carbonyl (C=O) groups is 1. The number of rotatable bonds is 0. The molecule has 0 fully saturated rings. The molecule has 1 aliphatic rings. The molecule has 0 atom stereocenters. The van der Waals surface area contributed by atoms with E-state index in [-0.39, 0.29) is 5.78 Å². The molecular formula is C12H20BrNO. The number of aryl methyl sites for hydroxylation is 1. The van der Waals surface area contributed by atoms with Gasteiger partial charge in [-0.05, 0) is 28.8 Å². The summed E-state index contributed by atoms with van der Waals surface area (Å²) >= 11 is 3.34. The van der Waals surface area contributed by atoms with Crippen LogP contribution in [0.2, 0.25) is 0 Å². The van der Waals surface area contributed by atoms with Gasteiger partial charge >= 0.3 is 0 Å². The van der Waals surface area contributed by atoms with Crippen molar-refractivity contribution in [2.45, 2.75) is 47.0 Å². The van der Waals surface area contributed by atoms with Crippen molar-refractivity contribution < 1.29 is 4.79 Å². The first-order valence-electron chi connectivity index (χ1n) is 5.68. The lowest BCUT2D eigenvalue weighted by molar-refractivity contribution is 0.0972. The first kappa shape index (κ1) is 14.4. The number of hydrogen-bond donors (Lipinski definition) is 1. The van der Waals surface area contributed by atoms with Crippen molar-refractivity contribution in [3.8, 4) is 0 Å². The number of aromatic nitrogens is 1. The molecule has 0 unspecified atom stereocenters. The molecule has 0 bridgehead atoms. The first-order valence-corrected chi connectivity index (χ1v) is 6.47. The van der Waals surface area contributed by atoms with Crippen LogP contribution in [0.4, 0.5) is 0 Å². The predicted octanol–water partition coefficient (Wildman–Crippen LogP) is 4.35. The fourth-order valence-electron chi connectivity index (χ4n) is 1.49. The third-order valence-corrected chi connectivity index (χ3v) is 2.65. The third-order valence-electron chi connectivity index (χ3n) is 2.02. The lowest BCUT2D eigenvalue weighted by Gasteiger charge is -2.09. The van der Waals surface area contributed by atoms with E-state index in [1.807, 2.05) is 33.9 Å². The summed E-state index contributed by atoms with van der Waals surface area (Å²) in [5, 5.41) is 0. The molecule has 3 heteroatoms. The van der Waals surface area contributed by atoms with Crippen LogP contribution >= 0.6 is 15.9 Å². The fourth-order valence-corrected chi connectivity index (χ4v) is 2.06. The Balaban J connectivity index is 0.000000442. The highest BCUT2D eigenvalue weighted by Gasteiger charge is 2.20. The Morgan fingerprint density at radius 1 is 1.20 bits per heavy atom. The van der Waals surface area contributed by atoms with Gasteiger partial charge < -0.3 is 4.98 Å². The predicted molar refractivity (Wildman–Crippen MR) is 68.5 cm³/mol. The lowest BCUT2D eigenvalue weighted by Crippen LogP contribution is -2.09. The van der Waals surface area contributed by atoms with Crippen LogP contribution in [0.5, 0.6) is 0 Å². The highest BCUT2D eigenvalue weighted by molar-refractivity contribution is 9.10. The maximum Gasteiger partial charge on any atom is 0.165 e. The Bertz CT molecular complexity index is 305. The van der Waals surface area contributed by atoms with Gasteiger partial charge in [0.25, 0.3) is 0 Å². The average Bonchev–Trinajstić information content (AvgIpc) is 2.68. The highest BCUT2D eigenvalue weighted by atomic mass is 79.9. The van der Waals surface area contributed by atoms with Crippen LogP contribution in [0.15, 0.2) is 10.7 Å². The quantitative estimate of drug-likeness (QED) is 0.749. The van der Waals surface area contributed by atoms with Crippen molar-refractivity contribution >= 4 is 21.7 Å². The number of H-pyrrole nitrogens is 1. The number of nitrogens with one attached hydrogen (secondary N) is 1. The van der Waals surface area contributed by atoms with Crippen LogP contribution < -0.4 is 0 Å².